The summed E-state index contributed by atoms with van der Waals surface area (Å²) >= 11 is 0. The first-order valence-electron chi connectivity index (χ1n) is 6.68. The summed E-state index contributed by atoms with van der Waals surface area (Å²) in [5, 5.41) is 9.99. The molecule has 2 rings (SSSR count). The third kappa shape index (κ3) is 3.80. The minimum absolute atomic E-state index is 0.0126. The van der Waals surface area contributed by atoms with E-state index in [2.05, 4.69) is 9.97 Å². The Kier molecular flexibility index (Phi) is 4.08. The van der Waals surface area contributed by atoms with Gasteiger partial charge in [-0.3, -0.25) is 14.6 Å². The Balaban J connectivity index is 2.04. The van der Waals surface area contributed by atoms with Crippen molar-refractivity contribution in [2.24, 2.45) is 0 Å². The maximum atomic E-state index is 12.2. The van der Waals surface area contributed by atoms with Gasteiger partial charge in [-0.05, 0) is 26.2 Å². The summed E-state index contributed by atoms with van der Waals surface area (Å²) in [4.78, 5) is 40.6. The van der Waals surface area contributed by atoms with Crippen molar-refractivity contribution in [3.05, 3.63) is 32.6 Å². The molecule has 1 aromatic heterocycles. The van der Waals surface area contributed by atoms with Gasteiger partial charge < -0.3 is 15.0 Å². The highest BCUT2D eigenvalue weighted by atomic mass is 16.3. The van der Waals surface area contributed by atoms with Gasteiger partial charge in [0.15, 0.2) is 0 Å². The van der Waals surface area contributed by atoms with Gasteiger partial charge in [-0.1, -0.05) is 0 Å². The molecule has 1 unspecified atom stereocenters. The summed E-state index contributed by atoms with van der Waals surface area (Å²) in [5.41, 5.74) is -1.55. The van der Waals surface area contributed by atoms with Crippen LogP contribution in [0.4, 0.5) is 0 Å². The molecular formula is C13H19N3O4. The number of aromatic amines is 2. The van der Waals surface area contributed by atoms with E-state index in [1.54, 1.807) is 11.8 Å². The van der Waals surface area contributed by atoms with E-state index in [-0.39, 0.29) is 12.3 Å². The molecule has 1 saturated heterocycles. The number of likely N-dealkylation sites (tertiary alicyclic amines) is 1. The minimum Gasteiger partial charge on any atom is -0.390 e. The Morgan fingerprint density at radius 2 is 2.10 bits per heavy atom. The lowest BCUT2D eigenvalue weighted by Crippen LogP contribution is -2.35. The molecule has 7 nitrogen and oxygen atoms in total. The number of amides is 1. The predicted molar refractivity (Wildman–Crippen MR) is 72.4 cm³/mol. The molecule has 0 bridgehead atoms. The molecule has 1 aromatic rings. The molecule has 1 fully saturated rings. The van der Waals surface area contributed by atoms with Gasteiger partial charge in [0.2, 0.25) is 5.91 Å². The van der Waals surface area contributed by atoms with Gasteiger partial charge in [0.1, 0.15) is 0 Å². The number of hydrogen-bond acceptors (Lipinski definition) is 4. The first-order chi connectivity index (χ1) is 9.35. The van der Waals surface area contributed by atoms with E-state index in [4.69, 9.17) is 0 Å². The van der Waals surface area contributed by atoms with Gasteiger partial charge in [-0.15, -0.1) is 0 Å². The Hall–Kier alpha value is -1.89. The second-order valence-corrected chi connectivity index (χ2v) is 5.52. The van der Waals surface area contributed by atoms with Gasteiger partial charge in [-0.2, -0.15) is 0 Å². The van der Waals surface area contributed by atoms with Crippen LogP contribution in [0, 0.1) is 0 Å². The zero-order valence-electron chi connectivity index (χ0n) is 11.4. The van der Waals surface area contributed by atoms with Crippen LogP contribution in [0.5, 0.6) is 0 Å². The molecule has 1 atom stereocenters. The molecule has 1 aliphatic rings. The van der Waals surface area contributed by atoms with Crippen LogP contribution in [0.3, 0.4) is 0 Å². The van der Waals surface area contributed by atoms with Crippen LogP contribution < -0.4 is 11.2 Å². The molecular weight excluding hydrogens is 262 g/mol. The second kappa shape index (κ2) is 5.62. The standard InChI is InChI=1S/C13H19N3O4/c1-13(20)3-2-5-16(6-4-13)11(18)8-9-7-10(17)15-12(19)14-9/h7,20H,2-6,8H2,1H3,(H2,14,15,17,19). The molecule has 3 N–H and O–H groups in total. The summed E-state index contributed by atoms with van der Waals surface area (Å²) < 4.78 is 0. The van der Waals surface area contributed by atoms with E-state index in [9.17, 15) is 19.5 Å². The highest BCUT2D eigenvalue weighted by Crippen LogP contribution is 2.21. The van der Waals surface area contributed by atoms with Gasteiger partial charge >= 0.3 is 5.69 Å². The number of carbonyl (C=O) groups is 1. The highest BCUT2D eigenvalue weighted by molar-refractivity contribution is 5.78. The molecule has 0 radical (unpaired) electrons. The Morgan fingerprint density at radius 3 is 2.80 bits per heavy atom. The van der Waals surface area contributed by atoms with Crippen LogP contribution in [0.1, 0.15) is 31.9 Å². The molecule has 0 spiro atoms. The average Bonchev–Trinajstić information content (AvgIpc) is 2.48. The number of rotatable bonds is 2. The fraction of sp³-hybridized carbons (Fsp3) is 0.615. The monoisotopic (exact) mass is 281 g/mol. The predicted octanol–water partition coefficient (Wildman–Crippen LogP) is -0.631. The molecule has 20 heavy (non-hydrogen) atoms. The quantitative estimate of drug-likeness (QED) is 0.671. The Bertz CT molecular complexity index is 574. The number of hydrogen-bond donors (Lipinski definition) is 3. The van der Waals surface area contributed by atoms with Crippen LogP contribution in [-0.4, -0.2) is 44.6 Å². The lowest BCUT2D eigenvalue weighted by Gasteiger charge is -2.22. The fourth-order valence-corrected chi connectivity index (χ4v) is 2.40. The van der Waals surface area contributed by atoms with E-state index >= 15 is 0 Å². The van der Waals surface area contributed by atoms with Crippen molar-refractivity contribution in [1.29, 1.82) is 0 Å². The molecule has 1 aliphatic heterocycles. The average molecular weight is 281 g/mol. The third-order valence-corrected chi connectivity index (χ3v) is 3.57. The first kappa shape index (κ1) is 14.5. The van der Waals surface area contributed by atoms with Crippen LogP contribution in [-0.2, 0) is 11.2 Å². The number of H-pyrrole nitrogens is 2. The molecule has 0 aromatic carbocycles. The molecule has 1 amide bonds. The van der Waals surface area contributed by atoms with E-state index in [0.29, 0.717) is 31.6 Å². The minimum atomic E-state index is -0.729. The van der Waals surface area contributed by atoms with Crippen molar-refractivity contribution in [3.63, 3.8) is 0 Å². The molecule has 7 heteroatoms. The van der Waals surface area contributed by atoms with Crippen molar-refractivity contribution in [2.45, 2.75) is 38.2 Å². The first-order valence-corrected chi connectivity index (χ1v) is 6.68. The summed E-state index contributed by atoms with van der Waals surface area (Å²) in [7, 11) is 0. The van der Waals surface area contributed by atoms with E-state index < -0.39 is 16.9 Å². The smallest absolute Gasteiger partial charge is 0.325 e. The maximum Gasteiger partial charge on any atom is 0.325 e. The molecule has 0 aliphatic carbocycles. The van der Waals surface area contributed by atoms with Crippen LogP contribution in [0.2, 0.25) is 0 Å². The zero-order chi connectivity index (χ0) is 14.8. The molecule has 110 valence electrons. The zero-order valence-corrected chi connectivity index (χ0v) is 11.4. The van der Waals surface area contributed by atoms with E-state index in [1.807, 2.05) is 0 Å². The van der Waals surface area contributed by atoms with Crippen molar-refractivity contribution in [1.82, 2.24) is 14.9 Å². The van der Waals surface area contributed by atoms with Crippen molar-refractivity contribution in [3.8, 4) is 0 Å². The van der Waals surface area contributed by atoms with Gasteiger partial charge in [0, 0.05) is 24.8 Å². The van der Waals surface area contributed by atoms with E-state index in [0.717, 1.165) is 6.42 Å². The molecule has 0 saturated carbocycles. The van der Waals surface area contributed by atoms with Crippen molar-refractivity contribution < 1.29 is 9.90 Å². The molecule has 2 heterocycles. The Labute approximate surface area is 115 Å². The van der Waals surface area contributed by atoms with Crippen LogP contribution in [0.15, 0.2) is 15.7 Å². The largest absolute Gasteiger partial charge is 0.390 e. The topological polar surface area (TPSA) is 106 Å². The van der Waals surface area contributed by atoms with Crippen molar-refractivity contribution >= 4 is 5.91 Å². The lowest BCUT2D eigenvalue weighted by atomic mass is 9.98. The fourth-order valence-electron chi connectivity index (χ4n) is 2.40. The lowest BCUT2D eigenvalue weighted by molar-refractivity contribution is -0.130. The number of aliphatic hydroxyl groups is 1. The van der Waals surface area contributed by atoms with E-state index in [1.165, 1.54) is 6.07 Å². The number of nitrogens with one attached hydrogen (secondary N) is 2. The number of aromatic nitrogens is 2. The summed E-state index contributed by atoms with van der Waals surface area (Å²) in [6, 6.07) is 1.22. The van der Waals surface area contributed by atoms with Crippen molar-refractivity contribution in [2.75, 3.05) is 13.1 Å². The SMILES string of the molecule is CC1(O)CCCN(C(=O)Cc2cc(=O)[nH]c(=O)[nH]2)CC1. The highest BCUT2D eigenvalue weighted by Gasteiger charge is 2.27. The van der Waals surface area contributed by atoms with Crippen LogP contribution in [0.25, 0.3) is 0 Å². The summed E-state index contributed by atoms with van der Waals surface area (Å²) in [5.74, 6) is -0.149. The Morgan fingerprint density at radius 1 is 1.35 bits per heavy atom. The number of carbonyl (C=O) groups excluding carboxylic acids is 1. The third-order valence-electron chi connectivity index (χ3n) is 3.57. The van der Waals surface area contributed by atoms with Gasteiger partial charge in [-0.25, -0.2) is 4.79 Å². The maximum absolute atomic E-state index is 12.2. The van der Waals surface area contributed by atoms with Gasteiger partial charge in [0.25, 0.3) is 5.56 Å². The second-order valence-electron chi connectivity index (χ2n) is 5.52. The normalized spacial score (nSPS) is 23.4. The number of nitrogens with zero attached hydrogens (tertiary/aromatic N) is 1. The van der Waals surface area contributed by atoms with Gasteiger partial charge in [0.05, 0.1) is 12.0 Å². The van der Waals surface area contributed by atoms with Crippen LogP contribution >= 0.6 is 0 Å². The summed E-state index contributed by atoms with van der Waals surface area (Å²) in [6.07, 6.45) is 1.93. The summed E-state index contributed by atoms with van der Waals surface area (Å²) in [6.45, 7) is 2.84.